The van der Waals surface area contributed by atoms with Gasteiger partial charge in [0.15, 0.2) is 11.8 Å². The van der Waals surface area contributed by atoms with E-state index in [0.29, 0.717) is 31.0 Å². The van der Waals surface area contributed by atoms with Gasteiger partial charge in [0.1, 0.15) is 6.33 Å². The lowest BCUT2D eigenvalue weighted by atomic mass is 9.96. The average molecular weight is 510 g/mol. The molecule has 0 saturated heterocycles. The number of rotatable bonds is 7. The van der Waals surface area contributed by atoms with Gasteiger partial charge in [-0.15, -0.1) is 34.2 Å². The first-order chi connectivity index (χ1) is 12.8. The number of aryl methyl sites for hydroxylation is 1. The Morgan fingerprint density at radius 1 is 1.29 bits per heavy atom. The van der Waals surface area contributed by atoms with Gasteiger partial charge in [0.05, 0.1) is 12.1 Å². The lowest BCUT2D eigenvalue weighted by Crippen LogP contribution is -2.38. The molecule has 0 saturated carbocycles. The molecule has 0 fully saturated rings. The van der Waals surface area contributed by atoms with Crippen molar-refractivity contribution in [2.75, 3.05) is 13.6 Å². The third-order valence-corrected chi connectivity index (χ3v) is 4.33. The Morgan fingerprint density at radius 3 is 2.68 bits per heavy atom. The summed E-state index contributed by atoms with van der Waals surface area (Å²) < 4.78 is 40.5. The van der Waals surface area contributed by atoms with Crippen molar-refractivity contribution in [2.45, 2.75) is 45.5 Å². The van der Waals surface area contributed by atoms with Gasteiger partial charge in [-0.3, -0.25) is 4.99 Å². The molecule has 28 heavy (non-hydrogen) atoms. The fourth-order valence-electron chi connectivity index (χ4n) is 2.66. The minimum Gasteiger partial charge on any atom is -0.356 e. The Balaban J connectivity index is 0.00000392. The van der Waals surface area contributed by atoms with Gasteiger partial charge >= 0.3 is 6.18 Å². The summed E-state index contributed by atoms with van der Waals surface area (Å²) in [6.07, 6.45) is -1.98. The minimum atomic E-state index is -4.32. The van der Waals surface area contributed by atoms with E-state index in [1.807, 2.05) is 18.4 Å². The highest BCUT2D eigenvalue weighted by Crippen LogP contribution is 2.31. The molecular formula is C18H26F3IN6. The third kappa shape index (κ3) is 6.95. The number of guanidine groups is 1. The first kappa shape index (κ1) is 24.2. The molecule has 2 N–H and O–H groups in total. The van der Waals surface area contributed by atoms with E-state index < -0.39 is 11.7 Å². The number of alkyl halides is 3. The van der Waals surface area contributed by atoms with E-state index in [4.69, 9.17) is 0 Å². The standard InChI is InChI=1S/C18H25F3N6.HI/c1-4-27-12-25-26-16(27)11-24-17(22-3)23-9-8-13(2)14-6-5-7-15(10-14)18(19,20)21;/h5-7,10,12-13H,4,8-9,11H2,1-3H3,(H2,22,23,24);1H. The smallest absolute Gasteiger partial charge is 0.356 e. The summed E-state index contributed by atoms with van der Waals surface area (Å²) in [5, 5.41) is 14.2. The zero-order valence-corrected chi connectivity index (χ0v) is 18.5. The highest BCUT2D eigenvalue weighted by molar-refractivity contribution is 14.0. The Morgan fingerprint density at radius 2 is 2.04 bits per heavy atom. The Labute approximate surface area is 180 Å². The Kier molecular flexibility index (Phi) is 9.70. The molecule has 0 bridgehead atoms. The van der Waals surface area contributed by atoms with E-state index in [1.165, 1.54) is 12.1 Å². The maximum absolute atomic E-state index is 12.8. The number of nitrogens with one attached hydrogen (secondary N) is 2. The van der Waals surface area contributed by atoms with Crippen LogP contribution in [0.4, 0.5) is 13.2 Å². The molecule has 0 amide bonds. The van der Waals surface area contributed by atoms with Gasteiger partial charge in [0, 0.05) is 20.1 Å². The van der Waals surface area contributed by atoms with Crippen molar-refractivity contribution in [3.63, 3.8) is 0 Å². The van der Waals surface area contributed by atoms with Gasteiger partial charge < -0.3 is 15.2 Å². The van der Waals surface area contributed by atoms with E-state index in [1.54, 1.807) is 19.4 Å². The molecule has 1 atom stereocenters. The zero-order chi connectivity index (χ0) is 19.9. The Bertz CT molecular complexity index is 760. The van der Waals surface area contributed by atoms with Crippen molar-refractivity contribution in [3.8, 4) is 0 Å². The predicted octanol–water partition coefficient (Wildman–Crippen LogP) is 3.79. The van der Waals surface area contributed by atoms with Gasteiger partial charge in [-0.05, 0) is 30.9 Å². The van der Waals surface area contributed by atoms with Crippen LogP contribution in [0.25, 0.3) is 0 Å². The second kappa shape index (κ2) is 11.2. The van der Waals surface area contributed by atoms with Gasteiger partial charge in [0.25, 0.3) is 0 Å². The van der Waals surface area contributed by atoms with E-state index >= 15 is 0 Å². The molecule has 1 aromatic carbocycles. The highest BCUT2D eigenvalue weighted by atomic mass is 127. The molecule has 1 unspecified atom stereocenters. The van der Waals surface area contributed by atoms with Crippen LogP contribution in [0.2, 0.25) is 0 Å². The van der Waals surface area contributed by atoms with E-state index in [9.17, 15) is 13.2 Å². The third-order valence-electron chi connectivity index (χ3n) is 4.33. The summed E-state index contributed by atoms with van der Waals surface area (Å²) in [6, 6.07) is 5.49. The summed E-state index contributed by atoms with van der Waals surface area (Å²) in [5.74, 6) is 1.40. The quantitative estimate of drug-likeness (QED) is 0.338. The molecule has 0 aliphatic rings. The van der Waals surface area contributed by atoms with Crippen molar-refractivity contribution >= 4 is 29.9 Å². The van der Waals surface area contributed by atoms with Gasteiger partial charge in [-0.1, -0.05) is 25.1 Å². The number of hydrogen-bond acceptors (Lipinski definition) is 3. The van der Waals surface area contributed by atoms with Gasteiger partial charge in [0.2, 0.25) is 0 Å². The summed E-state index contributed by atoms with van der Waals surface area (Å²) in [4.78, 5) is 4.15. The number of nitrogens with zero attached hydrogens (tertiary/aromatic N) is 4. The molecule has 6 nitrogen and oxygen atoms in total. The molecule has 10 heteroatoms. The number of hydrogen-bond donors (Lipinski definition) is 2. The van der Waals surface area contributed by atoms with Crippen molar-refractivity contribution in [1.29, 1.82) is 0 Å². The first-order valence-electron chi connectivity index (χ1n) is 8.83. The van der Waals surface area contributed by atoms with Crippen molar-refractivity contribution in [3.05, 3.63) is 47.5 Å². The maximum atomic E-state index is 12.8. The van der Waals surface area contributed by atoms with Crippen LogP contribution in [0.3, 0.4) is 0 Å². The van der Waals surface area contributed by atoms with Crippen LogP contribution < -0.4 is 10.6 Å². The monoisotopic (exact) mass is 510 g/mol. The topological polar surface area (TPSA) is 67.1 Å². The molecule has 2 rings (SSSR count). The second-order valence-corrected chi connectivity index (χ2v) is 6.20. The number of benzene rings is 1. The molecule has 2 aromatic rings. The molecule has 156 valence electrons. The number of aromatic nitrogens is 3. The predicted molar refractivity (Wildman–Crippen MR) is 114 cm³/mol. The SMILES string of the molecule is CCn1cnnc1CNC(=NC)NCCC(C)c1cccc(C(F)(F)F)c1.I. The van der Waals surface area contributed by atoms with E-state index in [2.05, 4.69) is 25.8 Å². The highest BCUT2D eigenvalue weighted by Gasteiger charge is 2.30. The second-order valence-electron chi connectivity index (χ2n) is 6.20. The van der Waals surface area contributed by atoms with E-state index in [0.717, 1.165) is 18.4 Å². The zero-order valence-electron chi connectivity index (χ0n) is 16.1. The van der Waals surface area contributed by atoms with Crippen LogP contribution >= 0.6 is 24.0 Å². The number of halogens is 4. The molecule has 0 radical (unpaired) electrons. The fraction of sp³-hybridized carbons (Fsp3) is 0.500. The normalized spacial score (nSPS) is 13.0. The summed E-state index contributed by atoms with van der Waals surface area (Å²) in [5.41, 5.74) is 0.0583. The summed E-state index contributed by atoms with van der Waals surface area (Å²) in [6.45, 7) is 5.77. The van der Waals surface area contributed by atoms with Crippen LogP contribution in [0, 0.1) is 0 Å². The molecular weight excluding hydrogens is 484 g/mol. The molecule has 1 heterocycles. The van der Waals surface area contributed by atoms with Crippen LogP contribution in [-0.2, 0) is 19.3 Å². The lowest BCUT2D eigenvalue weighted by molar-refractivity contribution is -0.137. The van der Waals surface area contributed by atoms with Gasteiger partial charge in [-0.2, -0.15) is 13.2 Å². The van der Waals surface area contributed by atoms with Crippen LogP contribution in [0.1, 0.15) is 43.1 Å². The minimum absolute atomic E-state index is 0. The van der Waals surface area contributed by atoms with Crippen molar-refractivity contribution < 1.29 is 13.2 Å². The Hall–Kier alpha value is -1.85. The fourth-order valence-corrected chi connectivity index (χ4v) is 2.66. The molecule has 0 spiro atoms. The number of aliphatic imine (C=N–C) groups is 1. The van der Waals surface area contributed by atoms with Crippen LogP contribution in [0.5, 0.6) is 0 Å². The van der Waals surface area contributed by atoms with Crippen molar-refractivity contribution in [1.82, 2.24) is 25.4 Å². The van der Waals surface area contributed by atoms with Crippen LogP contribution in [-0.4, -0.2) is 34.3 Å². The average Bonchev–Trinajstić information content (AvgIpc) is 3.11. The summed E-state index contributed by atoms with van der Waals surface area (Å²) in [7, 11) is 1.66. The maximum Gasteiger partial charge on any atom is 0.416 e. The van der Waals surface area contributed by atoms with Gasteiger partial charge in [-0.25, -0.2) is 0 Å². The molecule has 1 aromatic heterocycles. The van der Waals surface area contributed by atoms with Crippen molar-refractivity contribution in [2.24, 2.45) is 4.99 Å². The molecule has 0 aliphatic carbocycles. The van der Waals surface area contributed by atoms with E-state index in [-0.39, 0.29) is 29.9 Å². The largest absolute Gasteiger partial charge is 0.416 e. The first-order valence-corrected chi connectivity index (χ1v) is 8.83. The summed E-state index contributed by atoms with van der Waals surface area (Å²) >= 11 is 0. The lowest BCUT2D eigenvalue weighted by Gasteiger charge is -2.16. The molecule has 0 aliphatic heterocycles. The van der Waals surface area contributed by atoms with Crippen LogP contribution in [0.15, 0.2) is 35.6 Å².